The number of hydrogen-bond donors (Lipinski definition) is 3. The lowest BCUT2D eigenvalue weighted by Gasteiger charge is -2.51. The Morgan fingerprint density at radius 3 is 2.82 bits per heavy atom. The molecule has 1 spiro atoms. The number of hydrogen-bond acceptors (Lipinski definition) is 5. The quantitative estimate of drug-likeness (QED) is 0.511. The zero-order valence-corrected chi connectivity index (χ0v) is 19.4. The Labute approximate surface area is 193 Å². The summed E-state index contributed by atoms with van der Waals surface area (Å²) < 4.78 is 11.4. The maximum atomic E-state index is 11.5. The van der Waals surface area contributed by atoms with Gasteiger partial charge in [0.15, 0.2) is 0 Å². The molecule has 33 heavy (non-hydrogen) atoms. The molecule has 0 bridgehead atoms. The van der Waals surface area contributed by atoms with Crippen LogP contribution in [0.1, 0.15) is 45.9 Å². The molecule has 1 atom stereocenters. The fraction of sp³-hybridized carbons (Fsp3) is 0.423. The van der Waals surface area contributed by atoms with Crippen LogP contribution in [0.5, 0.6) is 5.75 Å². The van der Waals surface area contributed by atoms with Crippen molar-refractivity contribution in [3.05, 3.63) is 58.8 Å². The van der Waals surface area contributed by atoms with Crippen LogP contribution in [0.4, 0.5) is 5.69 Å². The summed E-state index contributed by atoms with van der Waals surface area (Å²) >= 11 is 0. The number of aromatic amines is 1. The molecular weight excluding hydrogens is 418 g/mol. The number of nitrogens with one attached hydrogen (secondary N) is 2. The predicted molar refractivity (Wildman–Crippen MR) is 128 cm³/mol. The van der Waals surface area contributed by atoms with Gasteiger partial charge in [0.05, 0.1) is 25.9 Å². The van der Waals surface area contributed by atoms with E-state index in [4.69, 9.17) is 9.47 Å². The van der Waals surface area contributed by atoms with E-state index in [1.807, 2.05) is 19.3 Å². The van der Waals surface area contributed by atoms with Gasteiger partial charge in [-0.15, -0.1) is 0 Å². The minimum atomic E-state index is -0.915. The first kappa shape index (κ1) is 21.8. The molecule has 3 heterocycles. The average molecular weight is 450 g/mol. The van der Waals surface area contributed by atoms with Crippen molar-refractivity contribution >= 4 is 22.6 Å². The number of benzene rings is 2. The van der Waals surface area contributed by atoms with Crippen LogP contribution in [0.3, 0.4) is 0 Å². The van der Waals surface area contributed by atoms with Crippen LogP contribution in [0.2, 0.25) is 0 Å². The maximum absolute atomic E-state index is 11.5. The molecule has 2 aliphatic rings. The number of carboxylic acid groups (broad SMARTS) is 1. The molecule has 2 aliphatic heterocycles. The van der Waals surface area contributed by atoms with Gasteiger partial charge in [-0.05, 0) is 61.7 Å². The predicted octanol–water partition coefficient (Wildman–Crippen LogP) is 4.58. The van der Waals surface area contributed by atoms with Gasteiger partial charge in [-0.25, -0.2) is 4.79 Å². The standard InChI is InChI=1S/C26H31N3O4/c1-16-10-23(32-3)20(18-6-8-28-24(16)18)13-29-9-7-26(14-33-15-26)12-22(29)19-5-4-17(25(30)31)11-21(19)27-2/h4-6,8,10-11,22,27-28H,7,9,12-15H2,1-3H3,(H,30,31). The first-order valence-corrected chi connectivity index (χ1v) is 11.4. The van der Waals surface area contributed by atoms with E-state index in [1.54, 1.807) is 19.2 Å². The van der Waals surface area contributed by atoms with Crippen molar-refractivity contribution in [3.8, 4) is 5.75 Å². The molecule has 174 valence electrons. The van der Waals surface area contributed by atoms with E-state index in [2.05, 4.69) is 34.3 Å². The Balaban J connectivity index is 1.56. The van der Waals surface area contributed by atoms with Gasteiger partial charge >= 0.3 is 5.97 Å². The Hall–Kier alpha value is -3.03. The zero-order chi connectivity index (χ0) is 23.2. The van der Waals surface area contributed by atoms with Gasteiger partial charge in [0, 0.05) is 53.4 Å². The summed E-state index contributed by atoms with van der Waals surface area (Å²) in [7, 11) is 3.58. The van der Waals surface area contributed by atoms with Gasteiger partial charge in [0.25, 0.3) is 0 Å². The molecule has 0 radical (unpaired) electrons. The van der Waals surface area contributed by atoms with Crippen molar-refractivity contribution in [3.63, 3.8) is 0 Å². The third-order valence-electron chi connectivity index (χ3n) is 7.43. The molecule has 2 aromatic carbocycles. The number of rotatable bonds is 6. The number of ether oxygens (including phenoxy) is 2. The highest BCUT2D eigenvalue weighted by atomic mass is 16.5. The molecule has 0 amide bonds. The van der Waals surface area contributed by atoms with E-state index < -0.39 is 5.97 Å². The van der Waals surface area contributed by atoms with Gasteiger partial charge in [0.1, 0.15) is 5.75 Å². The third-order valence-corrected chi connectivity index (χ3v) is 7.43. The molecule has 3 N–H and O–H groups in total. The third kappa shape index (κ3) is 3.75. The van der Waals surface area contributed by atoms with Crippen LogP contribution in [-0.2, 0) is 11.3 Å². The lowest BCUT2D eigenvalue weighted by molar-refractivity contribution is -0.153. The lowest BCUT2D eigenvalue weighted by Crippen LogP contribution is -2.51. The van der Waals surface area contributed by atoms with Crippen molar-refractivity contribution in [2.45, 2.75) is 32.4 Å². The average Bonchev–Trinajstić information content (AvgIpc) is 3.30. The normalized spacial score (nSPS) is 20.0. The second-order valence-corrected chi connectivity index (χ2v) is 9.43. The molecular formula is C26H31N3O4. The van der Waals surface area contributed by atoms with Crippen molar-refractivity contribution in [2.75, 3.05) is 39.2 Å². The van der Waals surface area contributed by atoms with Crippen molar-refractivity contribution in [1.82, 2.24) is 9.88 Å². The number of H-pyrrole nitrogens is 1. The van der Waals surface area contributed by atoms with E-state index in [1.165, 1.54) is 10.9 Å². The van der Waals surface area contributed by atoms with Gasteiger partial charge in [0.2, 0.25) is 0 Å². The van der Waals surface area contributed by atoms with E-state index in [0.717, 1.165) is 67.2 Å². The number of aromatic carboxylic acids is 1. The zero-order valence-electron chi connectivity index (χ0n) is 19.4. The fourth-order valence-electron chi connectivity index (χ4n) is 5.51. The molecule has 1 aromatic heterocycles. The largest absolute Gasteiger partial charge is 0.496 e. The molecule has 2 saturated heterocycles. The maximum Gasteiger partial charge on any atom is 0.335 e. The summed E-state index contributed by atoms with van der Waals surface area (Å²) in [5.74, 6) is -0.0117. The van der Waals surface area contributed by atoms with Gasteiger partial charge < -0.3 is 24.9 Å². The Morgan fingerprint density at radius 2 is 2.15 bits per heavy atom. The Kier molecular flexibility index (Phi) is 5.54. The van der Waals surface area contributed by atoms with Crippen LogP contribution in [0.25, 0.3) is 10.9 Å². The Morgan fingerprint density at radius 1 is 1.33 bits per heavy atom. The molecule has 7 nitrogen and oxygen atoms in total. The first-order valence-electron chi connectivity index (χ1n) is 11.4. The minimum absolute atomic E-state index is 0.146. The minimum Gasteiger partial charge on any atom is -0.496 e. The number of fused-ring (bicyclic) bond motifs is 1. The van der Waals surface area contributed by atoms with Crippen LogP contribution in [-0.4, -0.2) is 54.9 Å². The monoisotopic (exact) mass is 449 g/mol. The SMILES string of the molecule is CNc1cc(C(=O)O)ccc1C1CC2(CCN1Cc1c(OC)cc(C)c3[nH]ccc13)COC2. The molecule has 3 aromatic rings. The molecule has 5 rings (SSSR count). The number of likely N-dealkylation sites (tertiary alicyclic amines) is 1. The first-order chi connectivity index (χ1) is 15.9. The molecule has 1 unspecified atom stereocenters. The van der Waals surface area contributed by atoms with Gasteiger partial charge in [-0.1, -0.05) is 6.07 Å². The highest BCUT2D eigenvalue weighted by Crippen LogP contribution is 2.49. The van der Waals surface area contributed by atoms with E-state index >= 15 is 0 Å². The van der Waals surface area contributed by atoms with Crippen LogP contribution >= 0.6 is 0 Å². The van der Waals surface area contributed by atoms with Gasteiger partial charge in [-0.2, -0.15) is 0 Å². The second-order valence-electron chi connectivity index (χ2n) is 9.43. The number of nitrogens with zero attached hydrogens (tertiary/aromatic N) is 1. The summed E-state index contributed by atoms with van der Waals surface area (Å²) in [4.78, 5) is 17.4. The number of carboxylic acids is 1. The lowest BCUT2D eigenvalue weighted by atomic mass is 9.72. The molecule has 2 fully saturated rings. The van der Waals surface area contributed by atoms with Crippen LogP contribution in [0.15, 0.2) is 36.5 Å². The second kappa shape index (κ2) is 8.39. The van der Waals surface area contributed by atoms with E-state index in [0.29, 0.717) is 5.56 Å². The highest BCUT2D eigenvalue weighted by Gasteiger charge is 2.46. The Bertz CT molecular complexity index is 1200. The molecule has 0 aliphatic carbocycles. The van der Waals surface area contributed by atoms with Crippen LogP contribution < -0.4 is 10.1 Å². The van der Waals surface area contributed by atoms with Crippen LogP contribution in [0, 0.1) is 12.3 Å². The smallest absolute Gasteiger partial charge is 0.335 e. The number of carbonyl (C=O) groups is 1. The fourth-order valence-corrected chi connectivity index (χ4v) is 5.51. The number of piperidine rings is 1. The topological polar surface area (TPSA) is 86.8 Å². The van der Waals surface area contributed by atoms with Gasteiger partial charge in [-0.3, -0.25) is 4.90 Å². The summed E-state index contributed by atoms with van der Waals surface area (Å²) in [6, 6.07) is 9.81. The molecule has 0 saturated carbocycles. The number of anilines is 1. The number of aryl methyl sites for hydroxylation is 1. The highest BCUT2D eigenvalue weighted by molar-refractivity contribution is 5.89. The molecule has 7 heteroatoms. The summed E-state index contributed by atoms with van der Waals surface area (Å²) in [5, 5.41) is 13.9. The number of aromatic nitrogens is 1. The van der Waals surface area contributed by atoms with Crippen molar-refractivity contribution in [1.29, 1.82) is 0 Å². The van der Waals surface area contributed by atoms with Crippen molar-refractivity contribution in [2.24, 2.45) is 5.41 Å². The number of methoxy groups -OCH3 is 1. The summed E-state index contributed by atoms with van der Waals surface area (Å²) in [6.07, 6.45) is 4.06. The van der Waals surface area contributed by atoms with E-state index in [-0.39, 0.29) is 11.5 Å². The summed E-state index contributed by atoms with van der Waals surface area (Å²) in [6.45, 7) is 5.40. The van der Waals surface area contributed by atoms with E-state index in [9.17, 15) is 9.90 Å². The summed E-state index contributed by atoms with van der Waals surface area (Å²) in [5.41, 5.74) is 5.98. The van der Waals surface area contributed by atoms with Crippen molar-refractivity contribution < 1.29 is 19.4 Å².